The van der Waals surface area contributed by atoms with Gasteiger partial charge in [0.1, 0.15) is 5.75 Å². The Kier molecular flexibility index (Phi) is 5.15. The van der Waals surface area contributed by atoms with Gasteiger partial charge in [0.2, 0.25) is 0 Å². The first kappa shape index (κ1) is 18.3. The summed E-state index contributed by atoms with van der Waals surface area (Å²) in [6.45, 7) is 1.95. The molecule has 3 aromatic rings. The molecule has 1 fully saturated rings. The average Bonchev–Trinajstić information content (AvgIpc) is 3.36. The lowest BCUT2D eigenvalue weighted by atomic mass is 10.0. The molecule has 1 aliphatic rings. The molecule has 1 N–H and O–H groups in total. The molecule has 2 aromatic carbocycles. The number of aliphatic imine (C=N–C) groups is 1. The van der Waals surface area contributed by atoms with Crippen LogP contribution in [-0.4, -0.2) is 28.6 Å². The van der Waals surface area contributed by atoms with Crippen LogP contribution in [0.5, 0.6) is 5.75 Å². The molecule has 0 spiro atoms. The van der Waals surface area contributed by atoms with Gasteiger partial charge in [-0.25, -0.2) is 4.68 Å². The van der Waals surface area contributed by atoms with Crippen LogP contribution in [-0.2, 0) is 0 Å². The van der Waals surface area contributed by atoms with E-state index in [2.05, 4.69) is 5.10 Å². The van der Waals surface area contributed by atoms with Crippen LogP contribution in [0.1, 0.15) is 38.2 Å². The smallest absolute Gasteiger partial charge is 0.280 e. The molecule has 0 aliphatic heterocycles. The Hall–Kier alpha value is -3.08. The molecule has 1 heterocycles. The van der Waals surface area contributed by atoms with Gasteiger partial charge in [-0.05, 0) is 56.2 Å². The quantitative estimate of drug-likeness (QED) is 0.663. The zero-order valence-electron chi connectivity index (χ0n) is 16.3. The van der Waals surface area contributed by atoms with Gasteiger partial charge >= 0.3 is 0 Å². The fraction of sp³-hybridized carbons (Fsp3) is 0.304. The number of hydrogen-bond donors (Lipinski definition) is 1. The number of methoxy groups -OCH3 is 1. The van der Waals surface area contributed by atoms with Gasteiger partial charge in [0.05, 0.1) is 30.1 Å². The molecule has 5 heteroatoms. The van der Waals surface area contributed by atoms with Crippen molar-refractivity contribution < 1.29 is 4.74 Å². The zero-order chi connectivity index (χ0) is 19.5. The van der Waals surface area contributed by atoms with Gasteiger partial charge in [-0.1, -0.05) is 31.0 Å². The molecular weight excluding hydrogens is 350 g/mol. The van der Waals surface area contributed by atoms with E-state index in [-0.39, 0.29) is 5.56 Å². The molecule has 1 aromatic heterocycles. The number of nitrogens with zero attached hydrogens (tertiary/aromatic N) is 2. The average molecular weight is 375 g/mol. The third-order valence-corrected chi connectivity index (χ3v) is 5.35. The molecule has 0 saturated heterocycles. The maximum absolute atomic E-state index is 13.3. The highest BCUT2D eigenvalue weighted by molar-refractivity contribution is 6.03. The summed E-state index contributed by atoms with van der Waals surface area (Å²) in [4.78, 5) is 18.2. The SMILES string of the molecule is COc1ccc(-c2[nH]n(-c3ccccc3)c(=O)c2C(C)=NC2CCCC2)cc1. The maximum Gasteiger partial charge on any atom is 0.280 e. The first-order valence-corrected chi connectivity index (χ1v) is 9.77. The molecule has 1 saturated carbocycles. The second-order valence-electron chi connectivity index (χ2n) is 7.22. The lowest BCUT2D eigenvalue weighted by Crippen LogP contribution is -2.20. The van der Waals surface area contributed by atoms with Gasteiger partial charge in [-0.3, -0.25) is 14.9 Å². The zero-order valence-corrected chi connectivity index (χ0v) is 16.3. The van der Waals surface area contributed by atoms with Crippen molar-refractivity contribution in [2.24, 2.45) is 4.99 Å². The molecule has 0 atom stereocenters. The van der Waals surface area contributed by atoms with Crippen molar-refractivity contribution in [1.29, 1.82) is 0 Å². The Morgan fingerprint density at radius 2 is 1.75 bits per heavy atom. The Labute approximate surface area is 164 Å². The summed E-state index contributed by atoms with van der Waals surface area (Å²) in [6.07, 6.45) is 4.64. The van der Waals surface area contributed by atoms with Gasteiger partial charge in [0, 0.05) is 11.3 Å². The fourth-order valence-corrected chi connectivity index (χ4v) is 3.87. The number of H-pyrrole nitrogens is 1. The van der Waals surface area contributed by atoms with Crippen molar-refractivity contribution in [2.75, 3.05) is 7.11 Å². The Balaban J connectivity index is 1.86. The minimum absolute atomic E-state index is 0.0729. The maximum atomic E-state index is 13.3. The van der Waals surface area contributed by atoms with Crippen LogP contribution in [0.25, 0.3) is 16.9 Å². The minimum Gasteiger partial charge on any atom is -0.497 e. The number of nitrogens with one attached hydrogen (secondary N) is 1. The molecule has 144 valence electrons. The van der Waals surface area contributed by atoms with Crippen molar-refractivity contribution >= 4 is 5.71 Å². The van der Waals surface area contributed by atoms with E-state index in [1.54, 1.807) is 11.8 Å². The van der Waals surface area contributed by atoms with Crippen LogP contribution in [0, 0.1) is 0 Å². The van der Waals surface area contributed by atoms with E-state index >= 15 is 0 Å². The van der Waals surface area contributed by atoms with Gasteiger partial charge in [0.15, 0.2) is 0 Å². The summed E-state index contributed by atoms with van der Waals surface area (Å²) in [6, 6.07) is 17.7. The van der Waals surface area contributed by atoms with Crippen molar-refractivity contribution in [3.8, 4) is 22.7 Å². The number of benzene rings is 2. The van der Waals surface area contributed by atoms with Crippen LogP contribution < -0.4 is 10.3 Å². The number of ether oxygens (including phenoxy) is 1. The Morgan fingerprint density at radius 3 is 2.39 bits per heavy atom. The van der Waals surface area contributed by atoms with Crippen molar-refractivity contribution in [3.05, 3.63) is 70.5 Å². The number of rotatable bonds is 5. The molecule has 4 rings (SSSR count). The van der Waals surface area contributed by atoms with E-state index in [1.165, 1.54) is 12.8 Å². The van der Waals surface area contributed by atoms with Crippen molar-refractivity contribution in [2.45, 2.75) is 38.6 Å². The van der Waals surface area contributed by atoms with Crippen LogP contribution >= 0.6 is 0 Å². The van der Waals surface area contributed by atoms with E-state index in [0.29, 0.717) is 11.6 Å². The number of aromatic nitrogens is 2. The lowest BCUT2D eigenvalue weighted by Gasteiger charge is -2.07. The summed E-state index contributed by atoms with van der Waals surface area (Å²) < 4.78 is 6.87. The lowest BCUT2D eigenvalue weighted by molar-refractivity contribution is 0.415. The fourth-order valence-electron chi connectivity index (χ4n) is 3.87. The van der Waals surface area contributed by atoms with Gasteiger partial charge < -0.3 is 4.74 Å². The van der Waals surface area contributed by atoms with Gasteiger partial charge in [0.25, 0.3) is 5.56 Å². The summed E-state index contributed by atoms with van der Waals surface area (Å²) in [7, 11) is 1.65. The predicted molar refractivity (Wildman–Crippen MR) is 113 cm³/mol. The number of hydrogen-bond acceptors (Lipinski definition) is 3. The third kappa shape index (κ3) is 3.52. The Morgan fingerprint density at radius 1 is 1.07 bits per heavy atom. The van der Waals surface area contributed by atoms with E-state index in [4.69, 9.17) is 9.73 Å². The molecular formula is C23H25N3O2. The summed E-state index contributed by atoms with van der Waals surface area (Å²) in [5, 5.41) is 3.31. The molecule has 0 bridgehead atoms. The second kappa shape index (κ2) is 7.89. The second-order valence-corrected chi connectivity index (χ2v) is 7.22. The van der Waals surface area contributed by atoms with E-state index in [0.717, 1.165) is 41.2 Å². The molecule has 0 amide bonds. The highest BCUT2D eigenvalue weighted by atomic mass is 16.5. The number of para-hydroxylation sites is 1. The van der Waals surface area contributed by atoms with Gasteiger partial charge in [-0.15, -0.1) is 0 Å². The van der Waals surface area contributed by atoms with Crippen LogP contribution in [0.4, 0.5) is 0 Å². The summed E-state index contributed by atoms with van der Waals surface area (Å²) in [5.74, 6) is 0.784. The van der Waals surface area contributed by atoms with Crippen LogP contribution in [0.15, 0.2) is 64.4 Å². The Bertz CT molecular complexity index is 1020. The van der Waals surface area contributed by atoms with E-state index in [1.807, 2.05) is 61.5 Å². The van der Waals surface area contributed by atoms with Crippen LogP contribution in [0.2, 0.25) is 0 Å². The normalized spacial score (nSPS) is 15.1. The van der Waals surface area contributed by atoms with Crippen LogP contribution in [0.3, 0.4) is 0 Å². The molecule has 0 radical (unpaired) electrons. The van der Waals surface area contributed by atoms with Crippen molar-refractivity contribution in [3.63, 3.8) is 0 Å². The first-order valence-electron chi connectivity index (χ1n) is 9.77. The van der Waals surface area contributed by atoms with E-state index < -0.39 is 0 Å². The predicted octanol–water partition coefficient (Wildman–Crippen LogP) is 4.59. The number of aromatic amines is 1. The largest absolute Gasteiger partial charge is 0.497 e. The van der Waals surface area contributed by atoms with E-state index in [9.17, 15) is 4.79 Å². The molecule has 0 unspecified atom stereocenters. The standard InChI is InChI=1S/C23H25N3O2/c1-16(24-18-8-6-7-9-18)21-22(17-12-14-20(28-2)15-13-17)25-26(23(21)27)19-10-4-3-5-11-19/h3-5,10-15,18,25H,6-9H2,1-2H3. The minimum atomic E-state index is -0.0729. The summed E-state index contributed by atoms with van der Waals surface area (Å²) in [5.41, 5.74) is 3.90. The first-order chi connectivity index (χ1) is 13.7. The third-order valence-electron chi connectivity index (χ3n) is 5.35. The molecule has 28 heavy (non-hydrogen) atoms. The molecule has 5 nitrogen and oxygen atoms in total. The molecule has 1 aliphatic carbocycles. The monoisotopic (exact) mass is 375 g/mol. The summed E-state index contributed by atoms with van der Waals surface area (Å²) >= 11 is 0. The highest BCUT2D eigenvalue weighted by Gasteiger charge is 2.21. The highest BCUT2D eigenvalue weighted by Crippen LogP contribution is 2.26. The van der Waals surface area contributed by atoms with Crippen molar-refractivity contribution in [1.82, 2.24) is 9.78 Å². The van der Waals surface area contributed by atoms with Gasteiger partial charge in [-0.2, -0.15) is 0 Å². The topological polar surface area (TPSA) is 59.4 Å².